The van der Waals surface area contributed by atoms with E-state index in [1.165, 1.54) is 0 Å². The summed E-state index contributed by atoms with van der Waals surface area (Å²) in [7, 11) is 0. The van der Waals surface area contributed by atoms with Crippen LogP contribution in [0.1, 0.15) is 23.2 Å². The molecule has 102 valence electrons. The van der Waals surface area contributed by atoms with Crippen LogP contribution < -0.4 is 10.6 Å². The number of nitro benzene ring substituents is 1. The van der Waals surface area contributed by atoms with Gasteiger partial charge in [0.2, 0.25) is 0 Å². The Bertz CT molecular complexity index is 501. The molecule has 2 N–H and O–H groups in total. The Kier molecular flexibility index (Phi) is 4.06. The highest BCUT2D eigenvalue weighted by atomic mass is 19.1. The van der Waals surface area contributed by atoms with Crippen molar-refractivity contribution < 1.29 is 14.1 Å². The summed E-state index contributed by atoms with van der Waals surface area (Å²) in [6, 6.07) is 3.10. The normalized spacial score (nSPS) is 18.3. The molecule has 0 radical (unpaired) electrons. The van der Waals surface area contributed by atoms with Gasteiger partial charge in [0, 0.05) is 24.7 Å². The summed E-state index contributed by atoms with van der Waals surface area (Å²) in [5, 5.41) is 16.4. The van der Waals surface area contributed by atoms with Crippen LogP contribution in [-0.4, -0.2) is 30.0 Å². The minimum absolute atomic E-state index is 0.186. The number of hydrogen-bond donors (Lipinski definition) is 2. The second-order valence-corrected chi connectivity index (χ2v) is 4.42. The fourth-order valence-electron chi connectivity index (χ4n) is 2.04. The third-order valence-corrected chi connectivity index (χ3v) is 3.08. The van der Waals surface area contributed by atoms with Gasteiger partial charge in [-0.05, 0) is 25.5 Å². The second kappa shape index (κ2) is 5.75. The molecule has 1 aliphatic rings. The lowest BCUT2D eigenvalue weighted by molar-refractivity contribution is -0.384. The van der Waals surface area contributed by atoms with Gasteiger partial charge in [-0.15, -0.1) is 0 Å². The van der Waals surface area contributed by atoms with E-state index in [0.29, 0.717) is 6.54 Å². The molecule has 7 heteroatoms. The Morgan fingerprint density at radius 2 is 2.37 bits per heavy atom. The maximum atomic E-state index is 13.5. The standard InChI is InChI=1S/C12H14FN3O3/c13-11-4-3-9(16(18)19)6-10(11)12(17)15-7-8-2-1-5-14-8/h3-4,6,8,14H,1-2,5,7H2,(H,15,17). The van der Waals surface area contributed by atoms with E-state index < -0.39 is 16.6 Å². The first kappa shape index (κ1) is 13.4. The fourth-order valence-corrected chi connectivity index (χ4v) is 2.04. The van der Waals surface area contributed by atoms with E-state index in [9.17, 15) is 19.3 Å². The first-order valence-electron chi connectivity index (χ1n) is 6.03. The lowest BCUT2D eigenvalue weighted by atomic mass is 10.1. The second-order valence-electron chi connectivity index (χ2n) is 4.42. The molecule has 0 spiro atoms. The monoisotopic (exact) mass is 267 g/mol. The molecule has 1 aliphatic heterocycles. The maximum Gasteiger partial charge on any atom is 0.270 e. The molecular formula is C12H14FN3O3. The number of non-ortho nitro benzene ring substituents is 1. The van der Waals surface area contributed by atoms with E-state index in [0.717, 1.165) is 37.6 Å². The molecule has 1 aromatic carbocycles. The Balaban J connectivity index is 2.04. The topological polar surface area (TPSA) is 84.3 Å². The molecule has 0 bridgehead atoms. The number of benzene rings is 1. The summed E-state index contributed by atoms with van der Waals surface area (Å²) in [6.45, 7) is 1.30. The zero-order valence-electron chi connectivity index (χ0n) is 10.2. The van der Waals surface area contributed by atoms with Gasteiger partial charge in [-0.2, -0.15) is 0 Å². The first-order chi connectivity index (χ1) is 9.08. The molecule has 19 heavy (non-hydrogen) atoms. The van der Waals surface area contributed by atoms with Crippen LogP contribution in [0.2, 0.25) is 0 Å². The highest BCUT2D eigenvalue weighted by Gasteiger charge is 2.19. The van der Waals surface area contributed by atoms with E-state index in [1.807, 2.05) is 0 Å². The van der Waals surface area contributed by atoms with Crippen molar-refractivity contribution in [2.75, 3.05) is 13.1 Å². The van der Waals surface area contributed by atoms with Gasteiger partial charge in [0.05, 0.1) is 10.5 Å². The summed E-state index contributed by atoms with van der Waals surface area (Å²) in [4.78, 5) is 21.7. The average molecular weight is 267 g/mol. The van der Waals surface area contributed by atoms with Crippen LogP contribution in [-0.2, 0) is 0 Å². The van der Waals surface area contributed by atoms with Crippen molar-refractivity contribution in [3.05, 3.63) is 39.7 Å². The fraction of sp³-hybridized carbons (Fsp3) is 0.417. The van der Waals surface area contributed by atoms with Crippen molar-refractivity contribution in [3.8, 4) is 0 Å². The maximum absolute atomic E-state index is 13.5. The summed E-state index contributed by atoms with van der Waals surface area (Å²) in [6.07, 6.45) is 2.00. The van der Waals surface area contributed by atoms with Gasteiger partial charge >= 0.3 is 0 Å². The number of nitrogens with zero attached hydrogens (tertiary/aromatic N) is 1. The lowest BCUT2D eigenvalue weighted by Crippen LogP contribution is -2.37. The zero-order valence-corrected chi connectivity index (χ0v) is 10.2. The van der Waals surface area contributed by atoms with Gasteiger partial charge in [0.15, 0.2) is 0 Å². The van der Waals surface area contributed by atoms with E-state index in [2.05, 4.69) is 10.6 Å². The van der Waals surface area contributed by atoms with Gasteiger partial charge in [-0.1, -0.05) is 0 Å². The van der Waals surface area contributed by atoms with Crippen LogP contribution in [0.4, 0.5) is 10.1 Å². The number of carbonyl (C=O) groups excluding carboxylic acids is 1. The van der Waals surface area contributed by atoms with Gasteiger partial charge < -0.3 is 10.6 Å². The largest absolute Gasteiger partial charge is 0.350 e. The molecule has 1 saturated heterocycles. The number of nitrogens with one attached hydrogen (secondary N) is 2. The summed E-state index contributed by atoms with van der Waals surface area (Å²) >= 11 is 0. The van der Waals surface area contributed by atoms with Crippen LogP contribution in [0, 0.1) is 15.9 Å². The van der Waals surface area contributed by atoms with Gasteiger partial charge in [-0.3, -0.25) is 14.9 Å². The molecule has 1 aromatic rings. The quantitative estimate of drug-likeness (QED) is 0.634. The summed E-state index contributed by atoms with van der Waals surface area (Å²) in [5.74, 6) is -1.39. The highest BCUT2D eigenvalue weighted by Crippen LogP contribution is 2.16. The predicted octanol–water partition coefficient (Wildman–Crippen LogP) is 1.22. The van der Waals surface area contributed by atoms with Crippen molar-refractivity contribution in [2.45, 2.75) is 18.9 Å². The van der Waals surface area contributed by atoms with Gasteiger partial charge in [-0.25, -0.2) is 4.39 Å². The molecule has 0 aliphatic carbocycles. The van der Waals surface area contributed by atoms with Crippen LogP contribution in [0.5, 0.6) is 0 Å². The molecule has 1 amide bonds. The molecule has 1 unspecified atom stereocenters. The number of nitro groups is 1. The SMILES string of the molecule is O=C(NCC1CCCN1)c1cc([N+](=O)[O-])ccc1F. The lowest BCUT2D eigenvalue weighted by Gasteiger charge is -2.11. The first-order valence-corrected chi connectivity index (χ1v) is 6.03. The number of halogens is 1. The van der Waals surface area contributed by atoms with Crippen molar-refractivity contribution in [1.29, 1.82) is 0 Å². The third-order valence-electron chi connectivity index (χ3n) is 3.08. The van der Waals surface area contributed by atoms with Gasteiger partial charge in [0.25, 0.3) is 11.6 Å². The number of carbonyl (C=O) groups is 1. The van der Waals surface area contributed by atoms with Gasteiger partial charge in [0.1, 0.15) is 5.82 Å². The molecule has 0 saturated carbocycles. The number of rotatable bonds is 4. The molecule has 1 fully saturated rings. The highest BCUT2D eigenvalue weighted by molar-refractivity contribution is 5.95. The van der Waals surface area contributed by atoms with Crippen LogP contribution in [0.15, 0.2) is 18.2 Å². The molecule has 1 atom stereocenters. The molecule has 2 rings (SSSR count). The minimum atomic E-state index is -0.762. The van der Waals surface area contributed by atoms with Crippen LogP contribution in [0.3, 0.4) is 0 Å². The predicted molar refractivity (Wildman–Crippen MR) is 66.4 cm³/mol. The van der Waals surface area contributed by atoms with Crippen LogP contribution >= 0.6 is 0 Å². The van der Waals surface area contributed by atoms with E-state index in [1.54, 1.807) is 0 Å². The summed E-state index contributed by atoms with van der Waals surface area (Å²) < 4.78 is 13.5. The average Bonchev–Trinajstić information content (AvgIpc) is 2.89. The van der Waals surface area contributed by atoms with Crippen molar-refractivity contribution in [1.82, 2.24) is 10.6 Å². The van der Waals surface area contributed by atoms with Crippen LogP contribution in [0.25, 0.3) is 0 Å². The van der Waals surface area contributed by atoms with E-state index in [4.69, 9.17) is 0 Å². The number of amides is 1. The van der Waals surface area contributed by atoms with Crippen molar-refractivity contribution >= 4 is 11.6 Å². The molecule has 0 aromatic heterocycles. The van der Waals surface area contributed by atoms with E-state index in [-0.39, 0.29) is 17.3 Å². The third kappa shape index (κ3) is 3.25. The van der Waals surface area contributed by atoms with Crippen molar-refractivity contribution in [3.63, 3.8) is 0 Å². The number of hydrogen-bond acceptors (Lipinski definition) is 4. The summed E-state index contributed by atoms with van der Waals surface area (Å²) in [5.41, 5.74) is -0.599. The Morgan fingerprint density at radius 3 is 3.00 bits per heavy atom. The minimum Gasteiger partial charge on any atom is -0.350 e. The Morgan fingerprint density at radius 1 is 1.58 bits per heavy atom. The molecular weight excluding hydrogens is 253 g/mol. The Hall–Kier alpha value is -2.02. The smallest absolute Gasteiger partial charge is 0.270 e. The van der Waals surface area contributed by atoms with E-state index >= 15 is 0 Å². The molecule has 1 heterocycles. The van der Waals surface area contributed by atoms with Crippen molar-refractivity contribution in [2.24, 2.45) is 0 Å². The zero-order chi connectivity index (χ0) is 13.8. The Labute approximate surface area is 109 Å². The molecule has 6 nitrogen and oxygen atoms in total.